The quantitative estimate of drug-likeness (QED) is 0.665. The molecule has 0 spiro atoms. The number of nitrogens with zero attached hydrogens (tertiary/aromatic N) is 1. The molecule has 3 heteroatoms. The Morgan fingerprint density at radius 2 is 2.23 bits per heavy atom. The molecule has 1 aromatic rings. The topological polar surface area (TPSA) is 45.8 Å². The number of fused-ring (bicyclic) bond motifs is 5. The summed E-state index contributed by atoms with van der Waals surface area (Å²) in [6.45, 7) is 1.60. The molecule has 0 amide bonds. The van der Waals surface area contributed by atoms with E-state index >= 15 is 0 Å². The zero-order valence-corrected chi connectivity index (χ0v) is 7.63. The maximum Gasteiger partial charge on any atom is 0.180 e. The van der Waals surface area contributed by atoms with Gasteiger partial charge >= 0.3 is 0 Å². The van der Waals surface area contributed by atoms with Crippen LogP contribution in [0.15, 0.2) is 0 Å². The van der Waals surface area contributed by atoms with Gasteiger partial charge in [-0.05, 0) is 25.2 Å². The first-order valence-electron chi connectivity index (χ1n) is 4.86. The SMILES string of the molecule is CC(=O)c1n[nH]c2c1C1CCC2C1. The van der Waals surface area contributed by atoms with Crippen LogP contribution < -0.4 is 0 Å². The highest BCUT2D eigenvalue weighted by molar-refractivity contribution is 5.94. The van der Waals surface area contributed by atoms with Crippen molar-refractivity contribution in [2.24, 2.45) is 0 Å². The van der Waals surface area contributed by atoms with Gasteiger partial charge in [0.15, 0.2) is 5.78 Å². The normalized spacial score (nSPS) is 29.3. The second kappa shape index (κ2) is 2.22. The lowest BCUT2D eigenvalue weighted by Crippen LogP contribution is -2.01. The second-order valence-corrected chi connectivity index (χ2v) is 4.16. The molecule has 2 atom stereocenters. The van der Waals surface area contributed by atoms with Crippen molar-refractivity contribution in [1.29, 1.82) is 0 Å². The molecule has 1 aromatic heterocycles. The molecule has 1 saturated carbocycles. The largest absolute Gasteiger partial charge is 0.293 e. The minimum atomic E-state index is 0.102. The number of Topliss-reactive ketones (excluding diaryl/α,β-unsaturated/α-hetero) is 1. The molecule has 0 radical (unpaired) electrons. The van der Waals surface area contributed by atoms with Crippen molar-refractivity contribution in [2.45, 2.75) is 38.0 Å². The number of H-pyrrole nitrogens is 1. The van der Waals surface area contributed by atoms with Crippen LogP contribution in [0.25, 0.3) is 0 Å². The van der Waals surface area contributed by atoms with Crippen molar-refractivity contribution >= 4 is 5.78 Å². The summed E-state index contributed by atoms with van der Waals surface area (Å²) < 4.78 is 0. The van der Waals surface area contributed by atoms with Crippen LogP contribution in [0.2, 0.25) is 0 Å². The van der Waals surface area contributed by atoms with Gasteiger partial charge in [-0.2, -0.15) is 5.10 Å². The first-order valence-corrected chi connectivity index (χ1v) is 4.86. The van der Waals surface area contributed by atoms with Gasteiger partial charge in [0, 0.05) is 24.1 Å². The van der Waals surface area contributed by atoms with Crippen molar-refractivity contribution in [3.8, 4) is 0 Å². The Hall–Kier alpha value is -1.12. The van der Waals surface area contributed by atoms with E-state index in [1.165, 1.54) is 30.5 Å². The van der Waals surface area contributed by atoms with Gasteiger partial charge in [-0.15, -0.1) is 0 Å². The summed E-state index contributed by atoms with van der Waals surface area (Å²) in [4.78, 5) is 11.3. The van der Waals surface area contributed by atoms with Crippen molar-refractivity contribution in [3.05, 3.63) is 17.0 Å². The highest BCUT2D eigenvalue weighted by Gasteiger charge is 2.41. The average Bonchev–Trinajstić information content (AvgIpc) is 2.76. The van der Waals surface area contributed by atoms with Crippen LogP contribution in [0, 0.1) is 0 Å². The third-order valence-corrected chi connectivity index (χ3v) is 3.42. The molecule has 2 aliphatic rings. The molecule has 1 fully saturated rings. The first kappa shape index (κ1) is 7.30. The van der Waals surface area contributed by atoms with E-state index in [0.717, 1.165) is 0 Å². The van der Waals surface area contributed by atoms with Crippen molar-refractivity contribution in [3.63, 3.8) is 0 Å². The van der Waals surface area contributed by atoms with Gasteiger partial charge in [-0.1, -0.05) is 0 Å². The monoisotopic (exact) mass is 176 g/mol. The Balaban J connectivity index is 2.18. The predicted octanol–water partition coefficient (Wildman–Crippen LogP) is 1.98. The van der Waals surface area contributed by atoms with Crippen molar-refractivity contribution in [1.82, 2.24) is 10.2 Å². The molecule has 13 heavy (non-hydrogen) atoms. The van der Waals surface area contributed by atoms with E-state index in [2.05, 4.69) is 10.2 Å². The number of rotatable bonds is 1. The maximum atomic E-state index is 11.3. The summed E-state index contributed by atoms with van der Waals surface area (Å²) in [5, 5.41) is 7.13. The Morgan fingerprint density at radius 1 is 1.46 bits per heavy atom. The van der Waals surface area contributed by atoms with Gasteiger partial charge in [0.25, 0.3) is 0 Å². The number of hydrogen-bond acceptors (Lipinski definition) is 2. The van der Waals surface area contributed by atoms with Gasteiger partial charge in [0.05, 0.1) is 0 Å². The lowest BCUT2D eigenvalue weighted by molar-refractivity contribution is 0.101. The van der Waals surface area contributed by atoms with Crippen LogP contribution in [0.5, 0.6) is 0 Å². The molecule has 1 heterocycles. The number of carbonyl (C=O) groups excluding carboxylic acids is 1. The third kappa shape index (κ3) is 0.794. The molecular weight excluding hydrogens is 164 g/mol. The smallest absolute Gasteiger partial charge is 0.180 e. The molecule has 2 unspecified atom stereocenters. The fourth-order valence-electron chi connectivity index (χ4n) is 2.86. The highest BCUT2D eigenvalue weighted by atomic mass is 16.1. The average molecular weight is 176 g/mol. The zero-order valence-electron chi connectivity index (χ0n) is 7.63. The molecule has 68 valence electrons. The Kier molecular flexibility index (Phi) is 1.25. The lowest BCUT2D eigenvalue weighted by atomic mass is 9.95. The Morgan fingerprint density at radius 3 is 3.00 bits per heavy atom. The van der Waals surface area contributed by atoms with E-state index in [9.17, 15) is 4.79 Å². The molecule has 2 bridgehead atoms. The van der Waals surface area contributed by atoms with Gasteiger partial charge in [-0.3, -0.25) is 9.89 Å². The van der Waals surface area contributed by atoms with Gasteiger partial charge < -0.3 is 0 Å². The number of ketones is 1. The highest BCUT2D eigenvalue weighted by Crippen LogP contribution is 2.53. The third-order valence-electron chi connectivity index (χ3n) is 3.42. The van der Waals surface area contributed by atoms with Crippen LogP contribution in [0.1, 0.15) is 59.8 Å². The van der Waals surface area contributed by atoms with Gasteiger partial charge in [-0.25, -0.2) is 0 Å². The lowest BCUT2D eigenvalue weighted by Gasteiger charge is -2.09. The molecule has 2 aliphatic carbocycles. The van der Waals surface area contributed by atoms with Crippen LogP contribution >= 0.6 is 0 Å². The molecule has 0 saturated heterocycles. The van der Waals surface area contributed by atoms with E-state index in [1.54, 1.807) is 6.92 Å². The minimum absolute atomic E-state index is 0.102. The summed E-state index contributed by atoms with van der Waals surface area (Å²) in [5.41, 5.74) is 3.19. The standard InChI is InChI=1S/C10H12N2O/c1-5(13)9-8-6-2-3-7(4-6)10(8)12-11-9/h6-7H,2-4H2,1H3,(H,11,12). The van der Waals surface area contributed by atoms with E-state index in [-0.39, 0.29) is 5.78 Å². The van der Waals surface area contributed by atoms with E-state index in [4.69, 9.17) is 0 Å². The molecule has 0 aliphatic heterocycles. The Labute approximate surface area is 76.5 Å². The summed E-state index contributed by atoms with van der Waals surface area (Å²) in [6.07, 6.45) is 3.76. The van der Waals surface area contributed by atoms with E-state index < -0.39 is 0 Å². The van der Waals surface area contributed by atoms with Crippen LogP contribution in [0.4, 0.5) is 0 Å². The summed E-state index contributed by atoms with van der Waals surface area (Å²) in [6, 6.07) is 0. The van der Waals surface area contributed by atoms with Gasteiger partial charge in [0.1, 0.15) is 5.69 Å². The fourth-order valence-corrected chi connectivity index (χ4v) is 2.86. The van der Waals surface area contributed by atoms with Crippen molar-refractivity contribution in [2.75, 3.05) is 0 Å². The summed E-state index contributed by atoms with van der Waals surface area (Å²) in [7, 11) is 0. The first-order chi connectivity index (χ1) is 6.27. The van der Waals surface area contributed by atoms with Crippen LogP contribution in [-0.2, 0) is 0 Å². The van der Waals surface area contributed by atoms with Gasteiger partial charge in [0.2, 0.25) is 0 Å². The van der Waals surface area contributed by atoms with Crippen LogP contribution in [-0.4, -0.2) is 16.0 Å². The molecular formula is C10H12N2O. The second-order valence-electron chi connectivity index (χ2n) is 4.16. The number of nitrogens with one attached hydrogen (secondary N) is 1. The zero-order chi connectivity index (χ0) is 9.00. The summed E-state index contributed by atoms with van der Waals surface area (Å²) >= 11 is 0. The van der Waals surface area contributed by atoms with Crippen LogP contribution in [0.3, 0.4) is 0 Å². The minimum Gasteiger partial charge on any atom is -0.293 e. The maximum absolute atomic E-state index is 11.3. The Bertz CT molecular complexity index is 380. The van der Waals surface area contributed by atoms with Crippen molar-refractivity contribution < 1.29 is 4.79 Å². The predicted molar refractivity (Wildman–Crippen MR) is 47.9 cm³/mol. The van der Waals surface area contributed by atoms with E-state index in [0.29, 0.717) is 17.5 Å². The molecule has 3 rings (SSSR count). The fraction of sp³-hybridized carbons (Fsp3) is 0.600. The molecule has 1 N–H and O–H groups in total. The van der Waals surface area contributed by atoms with E-state index in [1.807, 2.05) is 0 Å². The number of hydrogen-bond donors (Lipinski definition) is 1. The molecule has 0 aromatic carbocycles. The number of aromatic amines is 1. The number of carbonyl (C=O) groups is 1. The summed E-state index contributed by atoms with van der Waals surface area (Å²) in [5.74, 6) is 1.39. The number of aromatic nitrogens is 2. The molecule has 3 nitrogen and oxygen atoms in total.